The third-order valence-electron chi connectivity index (χ3n) is 5.90. The largest absolute Gasteiger partial charge is 0.497 e. The lowest BCUT2D eigenvalue weighted by molar-refractivity contribution is -0.0309. The monoisotopic (exact) mass is 586 g/mol. The van der Waals surface area contributed by atoms with Gasteiger partial charge in [-0.2, -0.15) is 0 Å². The molecule has 0 spiro atoms. The number of aryl methyl sites for hydroxylation is 1. The summed E-state index contributed by atoms with van der Waals surface area (Å²) < 4.78 is 25.4. The zero-order chi connectivity index (χ0) is 24.7. The van der Waals surface area contributed by atoms with Gasteiger partial charge in [0.1, 0.15) is 11.5 Å². The van der Waals surface area contributed by atoms with Gasteiger partial charge >= 0.3 is 0 Å². The van der Waals surface area contributed by atoms with E-state index in [4.69, 9.17) is 18.9 Å². The summed E-state index contributed by atoms with van der Waals surface area (Å²) in [5, 5.41) is 0. The summed E-state index contributed by atoms with van der Waals surface area (Å²) in [7, 11) is 3.36. The van der Waals surface area contributed by atoms with Crippen LogP contribution in [0.15, 0.2) is 89.0 Å². The highest BCUT2D eigenvalue weighted by Gasteiger charge is 2.18. The van der Waals surface area contributed by atoms with E-state index in [1.807, 2.05) is 24.3 Å². The topological polar surface area (TPSA) is 36.9 Å². The van der Waals surface area contributed by atoms with Crippen LogP contribution in [-0.4, -0.2) is 26.4 Å². The van der Waals surface area contributed by atoms with Gasteiger partial charge in [-0.25, -0.2) is 0 Å². The van der Waals surface area contributed by atoms with Gasteiger partial charge in [-0.1, -0.05) is 83.3 Å². The van der Waals surface area contributed by atoms with Crippen LogP contribution in [0, 0.1) is 0 Å². The summed E-state index contributed by atoms with van der Waals surface area (Å²) in [5.74, 6) is 1.71. The first-order valence-electron chi connectivity index (χ1n) is 12.0. The fraction of sp³-hybridized carbons (Fsp3) is 0.333. The molecule has 0 saturated carbocycles. The standard InChI is InChI=1S/C30H35IO4/c1-32-27-15-11-25(12-16-27)22-34-29(9-6-20-31)21-30(19-10-24-7-4-3-5-8-24)35-23-26-13-17-28(33-2)18-14-26/h3-8,11-18,20,29-30H,9-10,19,21-23H2,1-2H3/b20-6+/t29-,30-/m0/s1. The van der Waals surface area contributed by atoms with Gasteiger partial charge < -0.3 is 18.9 Å². The first-order chi connectivity index (χ1) is 17.2. The summed E-state index contributed by atoms with van der Waals surface area (Å²) in [4.78, 5) is 0. The summed E-state index contributed by atoms with van der Waals surface area (Å²) in [6.45, 7) is 1.13. The van der Waals surface area contributed by atoms with Crippen LogP contribution in [0.2, 0.25) is 0 Å². The van der Waals surface area contributed by atoms with Gasteiger partial charge in [0, 0.05) is 6.42 Å². The Hall–Kier alpha value is -2.35. The van der Waals surface area contributed by atoms with Gasteiger partial charge in [0.15, 0.2) is 0 Å². The Labute approximate surface area is 223 Å². The van der Waals surface area contributed by atoms with Crippen LogP contribution in [0.25, 0.3) is 0 Å². The molecule has 0 fully saturated rings. The minimum Gasteiger partial charge on any atom is -0.497 e. The molecular weight excluding hydrogens is 551 g/mol. The van der Waals surface area contributed by atoms with E-state index in [0.717, 1.165) is 48.3 Å². The highest BCUT2D eigenvalue weighted by molar-refractivity contribution is 14.1. The number of halogens is 1. The van der Waals surface area contributed by atoms with E-state index in [9.17, 15) is 0 Å². The molecule has 3 aromatic rings. The van der Waals surface area contributed by atoms with Gasteiger partial charge in [-0.05, 0) is 64.3 Å². The summed E-state index contributed by atoms with van der Waals surface area (Å²) in [6.07, 6.45) is 5.92. The molecule has 0 aliphatic heterocycles. The minimum atomic E-state index is 0.0692. The number of rotatable bonds is 15. The van der Waals surface area contributed by atoms with Crippen molar-refractivity contribution in [2.75, 3.05) is 14.2 Å². The molecule has 0 heterocycles. The summed E-state index contributed by atoms with van der Waals surface area (Å²) >= 11 is 2.27. The Morgan fingerprint density at radius 2 is 1.23 bits per heavy atom. The molecule has 3 aromatic carbocycles. The molecule has 0 aromatic heterocycles. The van der Waals surface area contributed by atoms with E-state index in [2.05, 4.69) is 87.3 Å². The van der Waals surface area contributed by atoms with Crippen molar-refractivity contribution < 1.29 is 18.9 Å². The van der Waals surface area contributed by atoms with Crippen LogP contribution in [0.3, 0.4) is 0 Å². The number of hydrogen-bond donors (Lipinski definition) is 0. The predicted molar refractivity (Wildman–Crippen MR) is 150 cm³/mol. The zero-order valence-electron chi connectivity index (χ0n) is 20.6. The van der Waals surface area contributed by atoms with Crippen molar-refractivity contribution in [2.45, 2.75) is 51.1 Å². The van der Waals surface area contributed by atoms with E-state index in [1.54, 1.807) is 14.2 Å². The quantitative estimate of drug-likeness (QED) is 0.173. The third-order valence-corrected chi connectivity index (χ3v) is 6.41. The van der Waals surface area contributed by atoms with Crippen molar-refractivity contribution in [3.8, 4) is 11.5 Å². The molecule has 0 amide bonds. The molecule has 0 N–H and O–H groups in total. The Morgan fingerprint density at radius 3 is 1.74 bits per heavy atom. The lowest BCUT2D eigenvalue weighted by Crippen LogP contribution is -2.24. The van der Waals surface area contributed by atoms with E-state index in [1.165, 1.54) is 5.56 Å². The molecule has 0 aliphatic rings. The van der Waals surface area contributed by atoms with E-state index in [0.29, 0.717) is 13.2 Å². The van der Waals surface area contributed by atoms with Crippen molar-refractivity contribution in [2.24, 2.45) is 0 Å². The molecule has 4 nitrogen and oxygen atoms in total. The summed E-state index contributed by atoms with van der Waals surface area (Å²) in [6, 6.07) is 26.7. The molecule has 0 bridgehead atoms. The third kappa shape index (κ3) is 10.0. The van der Waals surface area contributed by atoms with Crippen LogP contribution in [-0.2, 0) is 29.1 Å². The fourth-order valence-electron chi connectivity index (χ4n) is 3.84. The lowest BCUT2D eigenvalue weighted by atomic mass is 10.0. The normalized spacial score (nSPS) is 13.0. The van der Waals surface area contributed by atoms with Crippen LogP contribution < -0.4 is 9.47 Å². The van der Waals surface area contributed by atoms with Gasteiger partial charge in [0.2, 0.25) is 0 Å². The second kappa shape index (κ2) is 15.6. The van der Waals surface area contributed by atoms with Crippen molar-refractivity contribution in [1.82, 2.24) is 0 Å². The van der Waals surface area contributed by atoms with Crippen molar-refractivity contribution in [3.05, 3.63) is 106 Å². The van der Waals surface area contributed by atoms with Crippen LogP contribution in [0.5, 0.6) is 11.5 Å². The number of methoxy groups -OCH3 is 2. The molecule has 2 atom stereocenters. The maximum atomic E-state index is 6.45. The molecule has 5 heteroatoms. The molecular formula is C30H35IO4. The molecule has 35 heavy (non-hydrogen) atoms. The number of hydrogen-bond acceptors (Lipinski definition) is 4. The van der Waals surface area contributed by atoms with E-state index >= 15 is 0 Å². The first-order valence-corrected chi connectivity index (χ1v) is 13.2. The summed E-state index contributed by atoms with van der Waals surface area (Å²) in [5.41, 5.74) is 3.60. The highest BCUT2D eigenvalue weighted by atomic mass is 127. The van der Waals surface area contributed by atoms with Crippen molar-refractivity contribution >= 4 is 22.6 Å². The average molecular weight is 587 g/mol. The Morgan fingerprint density at radius 1 is 0.686 bits per heavy atom. The van der Waals surface area contributed by atoms with Gasteiger partial charge in [-0.15, -0.1) is 0 Å². The molecule has 0 aliphatic carbocycles. The SMILES string of the molecule is COc1ccc(CO[C@@H](C/C=C/I)C[C@H](CCc2ccccc2)OCc2ccc(OC)cc2)cc1. The molecule has 0 radical (unpaired) electrons. The number of benzene rings is 3. The minimum absolute atomic E-state index is 0.0692. The van der Waals surface area contributed by atoms with E-state index in [-0.39, 0.29) is 12.2 Å². The van der Waals surface area contributed by atoms with Crippen LogP contribution in [0.4, 0.5) is 0 Å². The molecule has 0 saturated heterocycles. The smallest absolute Gasteiger partial charge is 0.118 e. The molecule has 186 valence electrons. The maximum absolute atomic E-state index is 6.45. The average Bonchev–Trinajstić information content (AvgIpc) is 2.92. The van der Waals surface area contributed by atoms with Gasteiger partial charge in [-0.3, -0.25) is 0 Å². The second-order valence-corrected chi connectivity index (χ2v) is 9.14. The second-order valence-electron chi connectivity index (χ2n) is 8.42. The Bertz CT molecular complexity index is 987. The maximum Gasteiger partial charge on any atom is 0.118 e. The Kier molecular flexibility index (Phi) is 12.1. The van der Waals surface area contributed by atoms with Crippen LogP contribution >= 0.6 is 22.6 Å². The van der Waals surface area contributed by atoms with Crippen LogP contribution in [0.1, 0.15) is 36.0 Å². The van der Waals surface area contributed by atoms with Crippen molar-refractivity contribution in [1.29, 1.82) is 0 Å². The zero-order valence-corrected chi connectivity index (χ0v) is 22.7. The van der Waals surface area contributed by atoms with E-state index < -0.39 is 0 Å². The first kappa shape index (κ1) is 27.2. The predicted octanol–water partition coefficient (Wildman–Crippen LogP) is 7.54. The lowest BCUT2D eigenvalue weighted by Gasteiger charge is -2.24. The molecule has 0 unspecified atom stereocenters. The number of ether oxygens (including phenoxy) is 4. The highest BCUT2D eigenvalue weighted by Crippen LogP contribution is 2.21. The van der Waals surface area contributed by atoms with Gasteiger partial charge in [0.25, 0.3) is 0 Å². The Balaban J connectivity index is 1.64. The molecule has 3 rings (SSSR count). The van der Waals surface area contributed by atoms with Gasteiger partial charge in [0.05, 0.1) is 39.6 Å². The van der Waals surface area contributed by atoms with Crippen molar-refractivity contribution in [3.63, 3.8) is 0 Å². The fourth-order valence-corrected chi connectivity index (χ4v) is 4.14.